The Morgan fingerprint density at radius 3 is 3.00 bits per heavy atom. The minimum Gasteiger partial charge on any atom is -0.329 e. The third-order valence-electron chi connectivity index (χ3n) is 1.83. The minimum atomic E-state index is -0.0842. The van der Waals surface area contributed by atoms with Gasteiger partial charge in [0.25, 0.3) is 0 Å². The van der Waals surface area contributed by atoms with Gasteiger partial charge in [-0.15, -0.1) is 0 Å². The van der Waals surface area contributed by atoms with Gasteiger partial charge in [-0.3, -0.25) is 4.79 Å². The summed E-state index contributed by atoms with van der Waals surface area (Å²) >= 11 is 0. The fraction of sp³-hybridized carbons (Fsp3) is 0.444. The number of nitrogens with two attached hydrogens (primary N) is 1. The molecule has 0 aliphatic rings. The lowest BCUT2D eigenvalue weighted by Gasteiger charge is -2.08. The lowest BCUT2D eigenvalue weighted by atomic mass is 10.1. The average molecular weight is 166 g/mol. The number of nitrogens with one attached hydrogen (secondary N) is 1. The van der Waals surface area contributed by atoms with Crippen LogP contribution in [0.5, 0.6) is 0 Å². The highest BCUT2D eigenvalue weighted by Crippen LogP contribution is 2.12. The predicted octanol–water partition coefficient (Wildman–Crippen LogP) is 1.17. The largest absolute Gasteiger partial charge is 0.329 e. The Morgan fingerprint density at radius 1 is 1.67 bits per heavy atom. The molecule has 3 N–H and O–H groups in total. The molecule has 3 heteroatoms. The van der Waals surface area contributed by atoms with Gasteiger partial charge in [-0.25, -0.2) is 0 Å². The molecule has 1 aromatic heterocycles. The summed E-state index contributed by atoms with van der Waals surface area (Å²) in [5.74, 6) is 0. The van der Waals surface area contributed by atoms with E-state index in [-0.39, 0.29) is 11.6 Å². The van der Waals surface area contributed by atoms with E-state index >= 15 is 0 Å². The van der Waals surface area contributed by atoms with Gasteiger partial charge in [0.05, 0.1) is 0 Å². The van der Waals surface area contributed by atoms with E-state index in [2.05, 4.69) is 11.9 Å². The minimum absolute atomic E-state index is 0.00250. The molecule has 1 aromatic rings. The van der Waals surface area contributed by atoms with Crippen molar-refractivity contribution in [3.05, 3.63) is 34.2 Å². The Kier molecular flexibility index (Phi) is 3.05. The van der Waals surface area contributed by atoms with Crippen LogP contribution >= 0.6 is 0 Å². The molecule has 1 heterocycles. The number of hydrogen-bond acceptors (Lipinski definition) is 2. The Balaban J connectivity index is 2.80. The van der Waals surface area contributed by atoms with E-state index in [0.717, 1.165) is 18.4 Å². The molecule has 0 unspecified atom stereocenters. The molecule has 1 rings (SSSR count). The van der Waals surface area contributed by atoms with Crippen molar-refractivity contribution in [2.24, 2.45) is 5.73 Å². The molecule has 12 heavy (non-hydrogen) atoms. The molecule has 0 amide bonds. The van der Waals surface area contributed by atoms with Crippen molar-refractivity contribution in [2.45, 2.75) is 25.8 Å². The van der Waals surface area contributed by atoms with Crippen molar-refractivity contribution in [3.8, 4) is 0 Å². The van der Waals surface area contributed by atoms with Crippen LogP contribution < -0.4 is 11.3 Å². The summed E-state index contributed by atoms with van der Waals surface area (Å²) < 4.78 is 0. The highest BCUT2D eigenvalue weighted by atomic mass is 16.1. The van der Waals surface area contributed by atoms with Crippen molar-refractivity contribution >= 4 is 0 Å². The normalized spacial score (nSPS) is 12.8. The first-order chi connectivity index (χ1) is 5.74. The van der Waals surface area contributed by atoms with Crippen molar-refractivity contribution < 1.29 is 0 Å². The molecule has 0 bridgehead atoms. The molecule has 0 radical (unpaired) electrons. The quantitative estimate of drug-likeness (QED) is 0.708. The summed E-state index contributed by atoms with van der Waals surface area (Å²) in [6, 6.07) is 3.40. The van der Waals surface area contributed by atoms with Gasteiger partial charge in [0.2, 0.25) is 5.56 Å². The molecule has 0 spiro atoms. The van der Waals surface area contributed by atoms with E-state index in [4.69, 9.17) is 5.73 Å². The van der Waals surface area contributed by atoms with Crippen molar-refractivity contribution in [3.63, 3.8) is 0 Å². The molecule has 0 fully saturated rings. The Morgan fingerprint density at radius 2 is 2.42 bits per heavy atom. The molecular formula is C9H14N2O. The van der Waals surface area contributed by atoms with Crippen LogP contribution in [-0.4, -0.2) is 4.98 Å². The predicted molar refractivity (Wildman–Crippen MR) is 48.9 cm³/mol. The number of H-pyrrole nitrogens is 1. The number of aromatic nitrogens is 1. The van der Waals surface area contributed by atoms with Crippen LogP contribution in [0, 0.1) is 0 Å². The van der Waals surface area contributed by atoms with Gasteiger partial charge in [0.15, 0.2) is 0 Å². The summed E-state index contributed by atoms with van der Waals surface area (Å²) in [6.45, 7) is 2.08. The van der Waals surface area contributed by atoms with Gasteiger partial charge in [-0.05, 0) is 18.1 Å². The van der Waals surface area contributed by atoms with Gasteiger partial charge in [-0.2, -0.15) is 0 Å². The zero-order valence-electron chi connectivity index (χ0n) is 7.21. The van der Waals surface area contributed by atoms with Crippen molar-refractivity contribution in [2.75, 3.05) is 0 Å². The molecule has 0 aliphatic heterocycles. The van der Waals surface area contributed by atoms with Crippen LogP contribution in [0.4, 0.5) is 0 Å². The highest BCUT2D eigenvalue weighted by molar-refractivity contribution is 5.14. The number of pyridine rings is 1. The first kappa shape index (κ1) is 9.00. The van der Waals surface area contributed by atoms with E-state index in [0.29, 0.717) is 0 Å². The third kappa shape index (κ3) is 2.20. The number of rotatable bonds is 3. The van der Waals surface area contributed by atoms with Gasteiger partial charge in [-0.1, -0.05) is 13.3 Å². The second-order valence-electron chi connectivity index (χ2n) is 2.88. The summed E-state index contributed by atoms with van der Waals surface area (Å²) in [6.07, 6.45) is 3.59. The number of aromatic amines is 1. The summed E-state index contributed by atoms with van der Waals surface area (Å²) in [7, 11) is 0. The van der Waals surface area contributed by atoms with Crippen LogP contribution in [-0.2, 0) is 0 Å². The van der Waals surface area contributed by atoms with Crippen LogP contribution in [0.25, 0.3) is 0 Å². The SMILES string of the molecule is CCC[C@H](N)c1cc[nH]c(=O)c1. The van der Waals surface area contributed by atoms with Crippen molar-refractivity contribution in [1.82, 2.24) is 4.98 Å². The summed E-state index contributed by atoms with van der Waals surface area (Å²) in [5, 5.41) is 0. The first-order valence-electron chi connectivity index (χ1n) is 4.18. The molecular weight excluding hydrogens is 152 g/mol. The second kappa shape index (κ2) is 4.07. The molecule has 3 nitrogen and oxygen atoms in total. The fourth-order valence-corrected chi connectivity index (χ4v) is 1.17. The van der Waals surface area contributed by atoms with Crippen molar-refractivity contribution in [1.29, 1.82) is 0 Å². The first-order valence-corrected chi connectivity index (χ1v) is 4.18. The fourth-order valence-electron chi connectivity index (χ4n) is 1.17. The topological polar surface area (TPSA) is 58.9 Å². The monoisotopic (exact) mass is 166 g/mol. The van der Waals surface area contributed by atoms with Crippen LogP contribution in [0.1, 0.15) is 31.4 Å². The van der Waals surface area contributed by atoms with Crippen LogP contribution in [0.2, 0.25) is 0 Å². The lowest BCUT2D eigenvalue weighted by molar-refractivity contribution is 0.637. The summed E-state index contributed by atoms with van der Waals surface area (Å²) in [4.78, 5) is 13.4. The zero-order valence-corrected chi connectivity index (χ0v) is 7.21. The standard InChI is InChI=1S/C9H14N2O/c1-2-3-8(10)7-4-5-11-9(12)6-7/h4-6,8H,2-3,10H2,1H3,(H,11,12)/t8-/m0/s1. The number of hydrogen-bond donors (Lipinski definition) is 2. The maximum absolute atomic E-state index is 10.9. The van der Waals surface area contributed by atoms with Crippen LogP contribution in [0.3, 0.4) is 0 Å². The van der Waals surface area contributed by atoms with E-state index in [1.807, 2.05) is 6.07 Å². The second-order valence-corrected chi connectivity index (χ2v) is 2.88. The van der Waals surface area contributed by atoms with Gasteiger partial charge < -0.3 is 10.7 Å². The van der Waals surface area contributed by atoms with Gasteiger partial charge >= 0.3 is 0 Å². The molecule has 1 atom stereocenters. The van der Waals surface area contributed by atoms with E-state index < -0.39 is 0 Å². The average Bonchev–Trinajstić information content (AvgIpc) is 2.05. The smallest absolute Gasteiger partial charge is 0.248 e. The van der Waals surface area contributed by atoms with E-state index in [9.17, 15) is 4.79 Å². The lowest BCUT2D eigenvalue weighted by Crippen LogP contribution is -2.13. The van der Waals surface area contributed by atoms with E-state index in [1.165, 1.54) is 0 Å². The Labute approximate surface area is 71.6 Å². The highest BCUT2D eigenvalue weighted by Gasteiger charge is 2.03. The van der Waals surface area contributed by atoms with E-state index in [1.54, 1.807) is 12.3 Å². The Hall–Kier alpha value is -1.09. The zero-order chi connectivity index (χ0) is 8.97. The van der Waals surface area contributed by atoms with Gasteiger partial charge in [0.1, 0.15) is 0 Å². The third-order valence-corrected chi connectivity index (χ3v) is 1.83. The van der Waals surface area contributed by atoms with Gasteiger partial charge in [0, 0.05) is 18.3 Å². The summed E-state index contributed by atoms with van der Waals surface area (Å²) in [5.41, 5.74) is 6.65. The maximum Gasteiger partial charge on any atom is 0.248 e. The molecule has 66 valence electrons. The molecule has 0 aliphatic carbocycles. The molecule has 0 saturated carbocycles. The Bertz CT molecular complexity index is 293. The maximum atomic E-state index is 10.9. The molecule has 0 aromatic carbocycles. The molecule has 0 saturated heterocycles. The van der Waals surface area contributed by atoms with Crippen LogP contribution in [0.15, 0.2) is 23.1 Å².